The fraction of sp³-hybridized carbons (Fsp3) is 0.268. The van der Waals surface area contributed by atoms with Gasteiger partial charge in [-0.15, -0.1) is 0 Å². The second-order valence-electron chi connectivity index (χ2n) is 13.9. The summed E-state index contributed by atoms with van der Waals surface area (Å²) >= 11 is 0. The van der Waals surface area contributed by atoms with Gasteiger partial charge in [-0.25, -0.2) is 0 Å². The van der Waals surface area contributed by atoms with Gasteiger partial charge in [-0.2, -0.15) is 0 Å². The minimum atomic E-state index is 0.00610. The summed E-state index contributed by atoms with van der Waals surface area (Å²) < 4.78 is 6.94. The van der Waals surface area contributed by atoms with E-state index < -0.39 is 0 Å². The summed E-state index contributed by atoms with van der Waals surface area (Å²) in [5.41, 5.74) is 14.9. The number of benzene rings is 4. The molecule has 224 valence electrons. The van der Waals surface area contributed by atoms with Gasteiger partial charge in [0.05, 0.1) is 17.4 Å². The molecule has 4 heteroatoms. The first-order valence-electron chi connectivity index (χ1n) is 16.7. The Morgan fingerprint density at radius 1 is 0.733 bits per heavy atom. The van der Waals surface area contributed by atoms with Gasteiger partial charge in [0, 0.05) is 28.1 Å². The van der Waals surface area contributed by atoms with E-state index >= 15 is 0 Å². The van der Waals surface area contributed by atoms with Crippen LogP contribution < -0.4 is 26.4 Å². The van der Waals surface area contributed by atoms with E-state index in [9.17, 15) is 0 Å². The van der Waals surface area contributed by atoms with Crippen molar-refractivity contribution in [3.63, 3.8) is 0 Å². The smallest absolute Gasteiger partial charge is 0.297 e. The van der Waals surface area contributed by atoms with Crippen LogP contribution in [-0.4, -0.2) is 12.8 Å². The summed E-state index contributed by atoms with van der Waals surface area (Å²) in [5, 5.41) is 1.18. The third-order valence-electron chi connectivity index (χ3n) is 10.1. The molecule has 2 aliphatic heterocycles. The zero-order valence-electron chi connectivity index (χ0n) is 27.2. The Morgan fingerprint density at radius 2 is 1.47 bits per heavy atom. The molecule has 0 saturated carbocycles. The summed E-state index contributed by atoms with van der Waals surface area (Å²) in [6, 6.07) is 32.0. The molecule has 8 rings (SSSR count). The van der Waals surface area contributed by atoms with Gasteiger partial charge in [0.1, 0.15) is 5.58 Å². The number of fused-ring (bicyclic) bond motifs is 6. The van der Waals surface area contributed by atoms with Crippen molar-refractivity contribution in [2.75, 3.05) is 9.80 Å². The van der Waals surface area contributed by atoms with Gasteiger partial charge in [-0.3, -0.25) is 0 Å². The lowest BCUT2D eigenvalue weighted by Crippen LogP contribution is -2.62. The van der Waals surface area contributed by atoms with E-state index in [1.54, 1.807) is 0 Å². The number of allylic oxidation sites excluding steroid dienone is 2. The second-order valence-corrected chi connectivity index (χ2v) is 13.9. The summed E-state index contributed by atoms with van der Waals surface area (Å²) in [7, 11) is 0. The van der Waals surface area contributed by atoms with E-state index in [-0.39, 0.29) is 12.8 Å². The average Bonchev–Trinajstić information content (AvgIpc) is 3.43. The van der Waals surface area contributed by atoms with Crippen LogP contribution in [0.5, 0.6) is 0 Å². The predicted molar refractivity (Wildman–Crippen MR) is 193 cm³/mol. The molecule has 4 aromatic carbocycles. The molecule has 0 spiro atoms. The van der Waals surface area contributed by atoms with Crippen molar-refractivity contribution in [1.29, 1.82) is 0 Å². The monoisotopic (exact) mass is 588 g/mol. The zero-order valence-corrected chi connectivity index (χ0v) is 27.2. The maximum absolute atomic E-state index is 6.94. The SMILES string of the molecule is CC(C)C1=CCC(N2c3cccc4c3B(c3ccc(C(C)C)cc3N4c3ccc(C(C)C)cc3)c3oc4ccccc4c32)C=C1. The number of anilines is 5. The molecule has 45 heavy (non-hydrogen) atoms. The number of hydrogen-bond donors (Lipinski definition) is 0. The van der Waals surface area contributed by atoms with Crippen LogP contribution in [0, 0.1) is 5.92 Å². The van der Waals surface area contributed by atoms with Crippen LogP contribution in [0.25, 0.3) is 11.0 Å². The van der Waals surface area contributed by atoms with Crippen LogP contribution in [0.15, 0.2) is 113 Å². The molecule has 1 unspecified atom stereocenters. The lowest BCUT2D eigenvalue weighted by atomic mass is 9.35. The average molecular weight is 589 g/mol. The van der Waals surface area contributed by atoms with Gasteiger partial charge in [-0.05, 0) is 94.3 Å². The van der Waals surface area contributed by atoms with E-state index in [2.05, 4.69) is 154 Å². The van der Waals surface area contributed by atoms with Crippen molar-refractivity contribution in [2.24, 2.45) is 5.92 Å². The lowest BCUT2D eigenvalue weighted by molar-refractivity contribution is 0.647. The quantitative estimate of drug-likeness (QED) is 0.187. The number of nitrogens with zero attached hydrogens (tertiary/aromatic N) is 2. The predicted octanol–water partition coefficient (Wildman–Crippen LogP) is 9.34. The first-order chi connectivity index (χ1) is 21.8. The van der Waals surface area contributed by atoms with Crippen molar-refractivity contribution >= 4 is 62.7 Å². The van der Waals surface area contributed by atoms with Crippen molar-refractivity contribution in [1.82, 2.24) is 0 Å². The fourth-order valence-corrected chi connectivity index (χ4v) is 7.65. The number of hydrogen-bond acceptors (Lipinski definition) is 3. The Hall–Kier alpha value is -4.44. The molecule has 0 amide bonds. The molecule has 0 radical (unpaired) electrons. The maximum atomic E-state index is 6.94. The summed E-state index contributed by atoms with van der Waals surface area (Å²) in [6.07, 6.45) is 8.15. The highest BCUT2D eigenvalue weighted by Gasteiger charge is 2.47. The largest absolute Gasteiger partial charge is 0.468 e. The van der Waals surface area contributed by atoms with Gasteiger partial charge in [0.15, 0.2) is 0 Å². The van der Waals surface area contributed by atoms with Crippen LogP contribution in [0.3, 0.4) is 0 Å². The third-order valence-corrected chi connectivity index (χ3v) is 10.1. The van der Waals surface area contributed by atoms with Crippen LogP contribution in [0.1, 0.15) is 70.9 Å². The number of furan rings is 1. The number of para-hydroxylation sites is 1. The van der Waals surface area contributed by atoms with Crippen LogP contribution in [-0.2, 0) is 0 Å². The van der Waals surface area contributed by atoms with Crippen molar-refractivity contribution in [2.45, 2.75) is 65.8 Å². The normalized spacial score (nSPS) is 16.9. The van der Waals surface area contributed by atoms with Gasteiger partial charge < -0.3 is 14.2 Å². The highest BCUT2D eigenvalue weighted by molar-refractivity contribution is 6.99. The third kappa shape index (κ3) is 4.33. The molecule has 3 aliphatic rings. The molecule has 0 saturated heterocycles. The van der Waals surface area contributed by atoms with E-state index in [1.165, 1.54) is 61.4 Å². The Kier molecular flexibility index (Phi) is 6.60. The van der Waals surface area contributed by atoms with Crippen LogP contribution >= 0.6 is 0 Å². The van der Waals surface area contributed by atoms with Gasteiger partial charge >= 0.3 is 0 Å². The minimum absolute atomic E-state index is 0.00610. The molecule has 1 aliphatic carbocycles. The molecule has 0 bridgehead atoms. The van der Waals surface area contributed by atoms with Crippen molar-refractivity contribution in [3.8, 4) is 0 Å². The summed E-state index contributed by atoms with van der Waals surface area (Å²) in [5.74, 6) is 1.44. The molecular weight excluding hydrogens is 547 g/mol. The highest BCUT2D eigenvalue weighted by atomic mass is 16.3. The Labute approximate surface area is 267 Å². The van der Waals surface area contributed by atoms with Gasteiger partial charge in [0.2, 0.25) is 0 Å². The second kappa shape index (κ2) is 10.6. The molecule has 1 aromatic heterocycles. The molecule has 0 fully saturated rings. The zero-order chi connectivity index (χ0) is 31.0. The van der Waals surface area contributed by atoms with Gasteiger partial charge in [0.25, 0.3) is 6.71 Å². The summed E-state index contributed by atoms with van der Waals surface area (Å²) in [6.45, 7) is 13.7. The van der Waals surface area contributed by atoms with E-state index in [4.69, 9.17) is 4.42 Å². The van der Waals surface area contributed by atoms with Crippen molar-refractivity contribution < 1.29 is 4.42 Å². The minimum Gasteiger partial charge on any atom is -0.468 e. The topological polar surface area (TPSA) is 19.6 Å². The van der Waals surface area contributed by atoms with E-state index in [1.807, 2.05) is 0 Å². The lowest BCUT2D eigenvalue weighted by Gasteiger charge is -2.44. The maximum Gasteiger partial charge on any atom is 0.297 e. The van der Waals surface area contributed by atoms with Crippen LogP contribution in [0.2, 0.25) is 0 Å². The summed E-state index contributed by atoms with van der Waals surface area (Å²) in [4.78, 5) is 5.08. The molecule has 5 aromatic rings. The fourth-order valence-electron chi connectivity index (χ4n) is 7.65. The highest BCUT2D eigenvalue weighted by Crippen LogP contribution is 2.45. The molecular formula is C41H41BN2O. The Balaban J connectivity index is 1.40. The molecule has 3 heterocycles. The van der Waals surface area contributed by atoms with Gasteiger partial charge in [-0.1, -0.05) is 102 Å². The first-order valence-corrected chi connectivity index (χ1v) is 16.7. The number of rotatable bonds is 5. The Bertz CT molecular complexity index is 1990. The molecule has 0 N–H and O–H groups in total. The Morgan fingerprint density at radius 3 is 2.18 bits per heavy atom. The first kappa shape index (κ1) is 28.1. The van der Waals surface area contributed by atoms with Crippen LogP contribution in [0.4, 0.5) is 28.4 Å². The molecule has 1 atom stereocenters. The standard InChI is InChI=1S/C41H41BN2O/c1-25(2)28-14-19-31(20-15-28)43-35-11-9-12-36-39(35)42(34-23-18-30(27(5)6)24-37(34)43)41-40(33-10-7-8-13-38(33)45-41)44(36)32-21-16-29(17-22-32)26(3)4/h7-21,23-27,32H,22H2,1-6H3. The van der Waals surface area contributed by atoms with Crippen molar-refractivity contribution in [3.05, 3.63) is 120 Å². The molecule has 3 nitrogen and oxygen atoms in total. The van der Waals surface area contributed by atoms with E-state index in [0.717, 1.165) is 17.7 Å². The van der Waals surface area contributed by atoms with E-state index in [0.29, 0.717) is 17.8 Å².